The van der Waals surface area contributed by atoms with E-state index in [1.165, 1.54) is 11.1 Å². The minimum absolute atomic E-state index is 0.687. The summed E-state index contributed by atoms with van der Waals surface area (Å²) in [6.45, 7) is 8.02. The first-order valence-corrected chi connectivity index (χ1v) is 4.92. The molecule has 0 N–H and O–H groups in total. The number of allylic oxidation sites excluding steroid dienone is 3. The predicted molar refractivity (Wildman–Crippen MR) is 57.7 cm³/mol. The summed E-state index contributed by atoms with van der Waals surface area (Å²) in [7, 11) is 0. The number of rotatable bonds is 7. The van der Waals surface area contributed by atoms with Gasteiger partial charge in [0.25, 0.3) is 0 Å². The lowest BCUT2D eigenvalue weighted by molar-refractivity contribution is -0.107. The Morgan fingerprint density at radius 1 is 1.15 bits per heavy atom. The largest absolute Gasteiger partial charge is 0.303 e. The zero-order valence-corrected chi connectivity index (χ0v) is 8.81. The third kappa shape index (κ3) is 6.32. The first-order chi connectivity index (χ1) is 6.22. The van der Waals surface area contributed by atoms with E-state index in [-0.39, 0.29) is 0 Å². The molecular formula is C12H20O. The Balaban J connectivity index is 3.79. The van der Waals surface area contributed by atoms with Crippen LogP contribution >= 0.6 is 0 Å². The Hall–Kier alpha value is -0.850. The molecule has 13 heavy (non-hydrogen) atoms. The van der Waals surface area contributed by atoms with Crippen LogP contribution in [-0.4, -0.2) is 6.29 Å². The number of aldehydes is 1. The fraction of sp³-hybridized carbons (Fsp3) is 0.583. The topological polar surface area (TPSA) is 17.1 Å². The van der Waals surface area contributed by atoms with Gasteiger partial charge in [-0.1, -0.05) is 17.2 Å². The van der Waals surface area contributed by atoms with E-state index >= 15 is 0 Å². The Bertz CT molecular complexity index is 189. The van der Waals surface area contributed by atoms with Gasteiger partial charge in [0.1, 0.15) is 6.29 Å². The van der Waals surface area contributed by atoms with Crippen LogP contribution in [0.4, 0.5) is 0 Å². The molecule has 1 heteroatoms. The number of hydrogen-bond acceptors (Lipinski definition) is 1. The SMILES string of the molecule is C=CCC/C(C)=C(\C)CCCC=O. The highest BCUT2D eigenvalue weighted by Crippen LogP contribution is 2.15. The number of hydrogen-bond donors (Lipinski definition) is 0. The van der Waals surface area contributed by atoms with Crippen molar-refractivity contribution in [3.63, 3.8) is 0 Å². The number of carbonyl (C=O) groups is 1. The van der Waals surface area contributed by atoms with E-state index in [1.54, 1.807) is 0 Å². The quantitative estimate of drug-likeness (QED) is 0.332. The molecule has 0 saturated carbocycles. The molecule has 0 heterocycles. The molecule has 0 bridgehead atoms. The fourth-order valence-electron chi connectivity index (χ4n) is 1.20. The normalized spacial score (nSPS) is 12.2. The zero-order valence-electron chi connectivity index (χ0n) is 8.81. The molecule has 0 aliphatic carbocycles. The van der Waals surface area contributed by atoms with Gasteiger partial charge in [0.05, 0.1) is 0 Å². The summed E-state index contributed by atoms with van der Waals surface area (Å²) in [4.78, 5) is 10.1. The molecule has 0 aliphatic heterocycles. The molecule has 0 aromatic heterocycles. The third-order valence-corrected chi connectivity index (χ3v) is 2.33. The summed E-state index contributed by atoms with van der Waals surface area (Å²) in [5, 5.41) is 0. The molecule has 0 atom stereocenters. The Morgan fingerprint density at radius 3 is 2.31 bits per heavy atom. The summed E-state index contributed by atoms with van der Waals surface area (Å²) >= 11 is 0. The molecule has 0 aromatic rings. The maximum atomic E-state index is 10.1. The standard InChI is InChI=1S/C12H20O/c1-4-5-8-11(2)12(3)9-6-7-10-13/h4,10H,1,5-9H2,2-3H3/b12-11+. The minimum Gasteiger partial charge on any atom is -0.303 e. The van der Waals surface area contributed by atoms with Crippen molar-refractivity contribution in [2.75, 3.05) is 0 Å². The Morgan fingerprint density at radius 2 is 1.77 bits per heavy atom. The maximum Gasteiger partial charge on any atom is 0.120 e. The van der Waals surface area contributed by atoms with Crippen LogP contribution in [0, 0.1) is 0 Å². The predicted octanol–water partition coefficient (Wildman–Crippen LogP) is 3.66. The van der Waals surface area contributed by atoms with E-state index in [1.807, 2.05) is 6.08 Å². The molecule has 0 amide bonds. The van der Waals surface area contributed by atoms with Gasteiger partial charge in [0, 0.05) is 6.42 Å². The van der Waals surface area contributed by atoms with Crippen LogP contribution in [0.3, 0.4) is 0 Å². The number of unbranched alkanes of at least 4 members (excludes halogenated alkanes) is 1. The molecule has 0 rings (SSSR count). The van der Waals surface area contributed by atoms with Crippen molar-refractivity contribution in [3.8, 4) is 0 Å². The van der Waals surface area contributed by atoms with Gasteiger partial charge >= 0.3 is 0 Å². The average Bonchev–Trinajstić information content (AvgIpc) is 2.14. The first-order valence-electron chi connectivity index (χ1n) is 4.92. The maximum absolute atomic E-state index is 10.1. The molecule has 0 fully saturated rings. The Kier molecular flexibility index (Phi) is 7.27. The van der Waals surface area contributed by atoms with E-state index in [9.17, 15) is 4.79 Å². The van der Waals surface area contributed by atoms with Crippen LogP contribution in [-0.2, 0) is 4.79 Å². The summed E-state index contributed by atoms with van der Waals surface area (Å²) in [6.07, 6.45) is 7.83. The first kappa shape index (κ1) is 12.2. The van der Waals surface area contributed by atoms with Crippen LogP contribution in [0.25, 0.3) is 0 Å². The van der Waals surface area contributed by atoms with Crippen molar-refractivity contribution in [2.45, 2.75) is 46.0 Å². The number of carbonyl (C=O) groups excluding carboxylic acids is 1. The zero-order chi connectivity index (χ0) is 10.1. The average molecular weight is 180 g/mol. The summed E-state index contributed by atoms with van der Waals surface area (Å²) < 4.78 is 0. The van der Waals surface area contributed by atoms with E-state index in [2.05, 4.69) is 20.4 Å². The fourth-order valence-corrected chi connectivity index (χ4v) is 1.20. The van der Waals surface area contributed by atoms with Gasteiger partial charge in [-0.05, 0) is 39.5 Å². The van der Waals surface area contributed by atoms with Crippen LogP contribution in [0.15, 0.2) is 23.8 Å². The molecule has 0 saturated heterocycles. The van der Waals surface area contributed by atoms with E-state index in [0.29, 0.717) is 6.42 Å². The van der Waals surface area contributed by atoms with Gasteiger partial charge < -0.3 is 4.79 Å². The van der Waals surface area contributed by atoms with Crippen LogP contribution in [0.2, 0.25) is 0 Å². The molecule has 0 unspecified atom stereocenters. The second kappa shape index (κ2) is 7.78. The summed E-state index contributed by atoms with van der Waals surface area (Å²) in [5.41, 5.74) is 2.88. The smallest absolute Gasteiger partial charge is 0.120 e. The molecule has 74 valence electrons. The third-order valence-electron chi connectivity index (χ3n) is 2.33. The molecule has 0 spiro atoms. The van der Waals surface area contributed by atoms with E-state index < -0.39 is 0 Å². The van der Waals surface area contributed by atoms with Crippen molar-refractivity contribution in [1.29, 1.82) is 0 Å². The lowest BCUT2D eigenvalue weighted by Crippen LogP contribution is -1.86. The van der Waals surface area contributed by atoms with Gasteiger partial charge in [0.15, 0.2) is 0 Å². The van der Waals surface area contributed by atoms with Crippen LogP contribution < -0.4 is 0 Å². The lowest BCUT2D eigenvalue weighted by atomic mass is 10.0. The highest BCUT2D eigenvalue weighted by molar-refractivity contribution is 5.49. The summed E-state index contributed by atoms with van der Waals surface area (Å²) in [5.74, 6) is 0. The second-order valence-electron chi connectivity index (χ2n) is 3.45. The molecule has 1 nitrogen and oxygen atoms in total. The van der Waals surface area contributed by atoms with Crippen LogP contribution in [0.5, 0.6) is 0 Å². The van der Waals surface area contributed by atoms with Gasteiger partial charge in [-0.2, -0.15) is 0 Å². The highest BCUT2D eigenvalue weighted by atomic mass is 16.1. The van der Waals surface area contributed by atoms with Crippen molar-refractivity contribution >= 4 is 6.29 Å². The molecule has 0 aliphatic rings. The van der Waals surface area contributed by atoms with Gasteiger partial charge in [-0.3, -0.25) is 0 Å². The summed E-state index contributed by atoms with van der Waals surface area (Å²) in [6, 6.07) is 0. The molecular weight excluding hydrogens is 160 g/mol. The van der Waals surface area contributed by atoms with Gasteiger partial charge in [-0.15, -0.1) is 6.58 Å². The second-order valence-corrected chi connectivity index (χ2v) is 3.45. The van der Waals surface area contributed by atoms with Crippen molar-refractivity contribution < 1.29 is 4.79 Å². The van der Waals surface area contributed by atoms with Gasteiger partial charge in [-0.25, -0.2) is 0 Å². The van der Waals surface area contributed by atoms with E-state index in [0.717, 1.165) is 32.0 Å². The van der Waals surface area contributed by atoms with E-state index in [4.69, 9.17) is 0 Å². The minimum atomic E-state index is 0.687. The molecule has 0 aromatic carbocycles. The van der Waals surface area contributed by atoms with Crippen LogP contribution in [0.1, 0.15) is 46.0 Å². The van der Waals surface area contributed by atoms with Crippen molar-refractivity contribution in [3.05, 3.63) is 23.8 Å². The Labute approximate surface area is 81.5 Å². The molecule has 0 radical (unpaired) electrons. The lowest BCUT2D eigenvalue weighted by Gasteiger charge is -2.05. The van der Waals surface area contributed by atoms with Crippen molar-refractivity contribution in [2.24, 2.45) is 0 Å². The van der Waals surface area contributed by atoms with Gasteiger partial charge in [0.2, 0.25) is 0 Å². The van der Waals surface area contributed by atoms with Crippen molar-refractivity contribution in [1.82, 2.24) is 0 Å². The monoisotopic (exact) mass is 180 g/mol. The highest BCUT2D eigenvalue weighted by Gasteiger charge is 1.96.